The van der Waals surface area contributed by atoms with Gasteiger partial charge in [0, 0.05) is 17.0 Å². The first-order chi connectivity index (χ1) is 17.8. The van der Waals surface area contributed by atoms with Gasteiger partial charge < -0.3 is 24.1 Å². The van der Waals surface area contributed by atoms with Crippen LogP contribution in [0.4, 0.5) is 13.2 Å². The number of ether oxygens (including phenoxy) is 4. The number of carbonyl (C=O) groups excluding carboxylic acids is 1. The summed E-state index contributed by atoms with van der Waals surface area (Å²) in [4.78, 5) is 12.1. The fourth-order valence-electron chi connectivity index (χ4n) is 4.83. The Morgan fingerprint density at radius 3 is 2.54 bits per heavy atom. The van der Waals surface area contributed by atoms with E-state index in [-0.39, 0.29) is 17.9 Å². The molecule has 12 heteroatoms. The number of fused-ring (bicyclic) bond motifs is 1. The highest BCUT2D eigenvalue weighted by Gasteiger charge is 2.52. The summed E-state index contributed by atoms with van der Waals surface area (Å²) < 4.78 is 65.5. The van der Waals surface area contributed by atoms with Crippen molar-refractivity contribution in [1.29, 1.82) is 0 Å². The molecule has 2 aliphatic rings. The van der Waals surface area contributed by atoms with Crippen molar-refractivity contribution >= 4 is 5.97 Å². The van der Waals surface area contributed by atoms with E-state index < -0.39 is 66.1 Å². The van der Waals surface area contributed by atoms with Crippen molar-refractivity contribution in [2.75, 3.05) is 13.7 Å². The number of halogens is 3. The Bertz CT molecular complexity index is 1250. The Morgan fingerprint density at radius 2 is 1.86 bits per heavy atom. The number of aliphatic hydroxyl groups excluding tert-OH is 1. The Hall–Kier alpha value is -3.32. The molecule has 0 aliphatic carbocycles. The van der Waals surface area contributed by atoms with E-state index in [4.69, 9.17) is 18.9 Å². The maximum Gasteiger partial charge on any atom is 0.337 e. The number of nitrogens with zero attached hydrogens (tertiary/aromatic N) is 3. The second-order valence-corrected chi connectivity index (χ2v) is 8.97. The van der Waals surface area contributed by atoms with Gasteiger partial charge in [-0.25, -0.2) is 22.6 Å². The molecule has 2 aromatic carbocycles. The molecule has 1 aromatic heterocycles. The van der Waals surface area contributed by atoms with Gasteiger partial charge in [-0.1, -0.05) is 42.5 Å². The van der Waals surface area contributed by atoms with Gasteiger partial charge in [0.1, 0.15) is 17.9 Å². The minimum Gasteiger partial charge on any atom is -0.467 e. The molecule has 37 heavy (non-hydrogen) atoms. The second kappa shape index (κ2) is 10.2. The molecule has 0 saturated carbocycles. The summed E-state index contributed by atoms with van der Waals surface area (Å²) in [6.45, 7) is 1.83. The predicted octanol–water partition coefficient (Wildman–Crippen LogP) is 2.96. The summed E-state index contributed by atoms with van der Waals surface area (Å²) in [5, 5.41) is 18.8. The Balaban J connectivity index is 1.51. The molecule has 0 bridgehead atoms. The molecule has 3 unspecified atom stereocenters. The maximum atomic E-state index is 13.8. The van der Waals surface area contributed by atoms with Crippen LogP contribution in [0.3, 0.4) is 0 Å². The van der Waals surface area contributed by atoms with E-state index in [0.29, 0.717) is 0 Å². The van der Waals surface area contributed by atoms with Crippen LogP contribution in [0.25, 0.3) is 11.3 Å². The first kappa shape index (κ1) is 25.3. The highest BCUT2D eigenvalue weighted by molar-refractivity contribution is 5.75. The Morgan fingerprint density at radius 1 is 1.16 bits per heavy atom. The monoisotopic (exact) mass is 519 g/mol. The van der Waals surface area contributed by atoms with Crippen molar-refractivity contribution < 1.29 is 42.0 Å². The van der Waals surface area contributed by atoms with E-state index >= 15 is 0 Å². The van der Waals surface area contributed by atoms with E-state index in [1.54, 1.807) is 6.92 Å². The number of hydrogen-bond acceptors (Lipinski definition) is 8. The van der Waals surface area contributed by atoms with Gasteiger partial charge in [-0.2, -0.15) is 0 Å². The van der Waals surface area contributed by atoms with E-state index in [2.05, 4.69) is 10.3 Å². The third-order valence-electron chi connectivity index (χ3n) is 6.71. The van der Waals surface area contributed by atoms with Crippen molar-refractivity contribution in [2.24, 2.45) is 5.92 Å². The van der Waals surface area contributed by atoms with Gasteiger partial charge >= 0.3 is 5.97 Å². The molecule has 7 atom stereocenters. The molecule has 2 fully saturated rings. The minimum atomic E-state index is -1.60. The molecule has 3 aromatic rings. The van der Waals surface area contributed by atoms with Crippen molar-refractivity contribution in [2.45, 2.75) is 43.7 Å². The topological polar surface area (TPSA) is 105 Å². The number of benzene rings is 2. The molecule has 5 rings (SSSR count). The molecule has 9 nitrogen and oxygen atoms in total. The first-order valence-electron chi connectivity index (χ1n) is 11.6. The first-order valence-corrected chi connectivity index (χ1v) is 11.6. The SMILES string of the molecule is COC(=O)[C@@H](O)[C@@H]1OC2COC(c3ccccc3)O[C@@H]2[C@H](n2cc(-c3cc(F)c(F)c(F)c3)nn2)C1C. The normalized spacial score (nSPS) is 28.4. The summed E-state index contributed by atoms with van der Waals surface area (Å²) in [5.41, 5.74) is 0.852. The van der Waals surface area contributed by atoms with Crippen LogP contribution in [0.15, 0.2) is 48.7 Å². The molecule has 0 radical (unpaired) electrons. The van der Waals surface area contributed by atoms with Crippen LogP contribution in [-0.4, -0.2) is 64.2 Å². The summed E-state index contributed by atoms with van der Waals surface area (Å²) in [7, 11) is 1.15. The molecule has 2 aliphatic heterocycles. The minimum absolute atomic E-state index is 0.0138. The van der Waals surface area contributed by atoms with Gasteiger partial charge in [0.2, 0.25) is 0 Å². The lowest BCUT2D eigenvalue weighted by Gasteiger charge is -2.49. The standard InChI is InChI=1S/C25H24F3N3O6/c1-12-20(31-10-17(29-30-31)14-8-15(26)19(28)16(27)9-14)23-18(36-22(12)21(32)24(33)34-2)11-35-25(37-23)13-6-4-3-5-7-13/h3-10,12,18,20-23,25,32H,11H2,1-2H3/t12?,18?,20-,21+,22-,23+,25?/m1/s1. The zero-order valence-electron chi connectivity index (χ0n) is 19.8. The lowest BCUT2D eigenvalue weighted by atomic mass is 9.83. The Labute approximate surface area is 209 Å². The van der Waals surface area contributed by atoms with Gasteiger partial charge in [0.15, 0.2) is 29.8 Å². The van der Waals surface area contributed by atoms with Gasteiger partial charge in [-0.15, -0.1) is 5.10 Å². The zero-order valence-corrected chi connectivity index (χ0v) is 19.8. The smallest absolute Gasteiger partial charge is 0.337 e. The van der Waals surface area contributed by atoms with E-state index in [1.165, 1.54) is 10.9 Å². The average molecular weight is 519 g/mol. The van der Waals surface area contributed by atoms with Crippen LogP contribution >= 0.6 is 0 Å². The van der Waals surface area contributed by atoms with Gasteiger partial charge in [-0.05, 0) is 12.1 Å². The summed E-state index contributed by atoms with van der Waals surface area (Å²) in [5.74, 6) is -5.74. The fraction of sp³-hybridized carbons (Fsp3) is 0.400. The van der Waals surface area contributed by atoms with Crippen molar-refractivity contribution in [1.82, 2.24) is 15.0 Å². The second-order valence-electron chi connectivity index (χ2n) is 8.97. The van der Waals surface area contributed by atoms with Crippen LogP contribution in [-0.2, 0) is 23.7 Å². The van der Waals surface area contributed by atoms with E-state index in [9.17, 15) is 23.1 Å². The van der Waals surface area contributed by atoms with Crippen LogP contribution in [0.1, 0.15) is 24.8 Å². The molecule has 2 saturated heterocycles. The van der Waals surface area contributed by atoms with Crippen LogP contribution < -0.4 is 0 Å². The molecule has 0 spiro atoms. The molecule has 3 heterocycles. The number of hydrogen-bond donors (Lipinski definition) is 1. The fourth-order valence-corrected chi connectivity index (χ4v) is 4.83. The quantitative estimate of drug-likeness (QED) is 0.405. The van der Waals surface area contributed by atoms with E-state index in [0.717, 1.165) is 24.8 Å². The maximum absolute atomic E-state index is 13.8. The summed E-state index contributed by atoms with van der Waals surface area (Å²) in [6, 6.07) is 10.3. The third-order valence-corrected chi connectivity index (χ3v) is 6.71. The van der Waals surface area contributed by atoms with Crippen molar-refractivity contribution in [3.8, 4) is 11.3 Å². The van der Waals surface area contributed by atoms with Crippen LogP contribution in [0.5, 0.6) is 0 Å². The number of carbonyl (C=O) groups is 1. The van der Waals surface area contributed by atoms with Crippen molar-refractivity contribution in [3.63, 3.8) is 0 Å². The van der Waals surface area contributed by atoms with Crippen LogP contribution in [0.2, 0.25) is 0 Å². The third kappa shape index (κ3) is 4.73. The predicted molar refractivity (Wildman–Crippen MR) is 120 cm³/mol. The lowest BCUT2D eigenvalue weighted by molar-refractivity contribution is -0.315. The van der Waals surface area contributed by atoms with E-state index in [1.807, 2.05) is 30.3 Å². The summed E-state index contributed by atoms with van der Waals surface area (Å²) >= 11 is 0. The number of aromatic nitrogens is 3. The number of rotatable bonds is 5. The van der Waals surface area contributed by atoms with Crippen molar-refractivity contribution in [3.05, 3.63) is 71.7 Å². The van der Waals surface area contributed by atoms with Gasteiger partial charge in [0.05, 0.1) is 32.1 Å². The lowest BCUT2D eigenvalue weighted by Crippen LogP contribution is -2.60. The molecule has 1 N–H and O–H groups in total. The molecule has 0 amide bonds. The van der Waals surface area contributed by atoms with Crippen LogP contribution in [0, 0.1) is 23.4 Å². The molecule has 196 valence electrons. The largest absolute Gasteiger partial charge is 0.467 e. The number of aliphatic hydroxyl groups is 1. The number of methoxy groups -OCH3 is 1. The highest BCUT2D eigenvalue weighted by atomic mass is 19.2. The molecular weight excluding hydrogens is 495 g/mol. The Kier molecular flexibility index (Phi) is 6.99. The average Bonchev–Trinajstić information content (AvgIpc) is 3.40. The molecular formula is C25H24F3N3O6. The number of esters is 1. The van der Waals surface area contributed by atoms with Gasteiger partial charge in [-0.3, -0.25) is 0 Å². The summed E-state index contributed by atoms with van der Waals surface area (Å²) in [6.07, 6.45) is -3.24. The van der Waals surface area contributed by atoms with Gasteiger partial charge in [0.25, 0.3) is 0 Å². The zero-order chi connectivity index (χ0) is 26.3. The highest BCUT2D eigenvalue weighted by Crippen LogP contribution is 2.43.